The Bertz CT molecular complexity index is 2740. The summed E-state index contributed by atoms with van der Waals surface area (Å²) < 4.78 is 27.6. The number of hydrogen-bond donors (Lipinski definition) is 3. The zero-order valence-electron chi connectivity index (χ0n) is 38.2. The number of carbonyl (C=O) groups is 4. The predicted molar refractivity (Wildman–Crippen MR) is 253 cm³/mol. The molecule has 6 heterocycles. The highest BCUT2D eigenvalue weighted by Gasteiger charge is 2.53. The van der Waals surface area contributed by atoms with Gasteiger partial charge >= 0.3 is 12.2 Å². The van der Waals surface area contributed by atoms with Crippen molar-refractivity contribution in [2.24, 2.45) is 10.9 Å². The lowest BCUT2D eigenvalue weighted by Crippen LogP contribution is -2.54. The summed E-state index contributed by atoms with van der Waals surface area (Å²) in [5.74, 6) is -0.865. The number of H-pyrrole nitrogens is 1. The molecule has 4 aromatic carbocycles. The molecule has 1 spiro atoms. The van der Waals surface area contributed by atoms with Crippen molar-refractivity contribution < 1.29 is 42.9 Å². The molecular weight excluding hydrogens is 867 g/mol. The second kappa shape index (κ2) is 19.4. The lowest BCUT2D eigenvalue weighted by atomic mass is 9.90. The number of allylic oxidation sites excluding steroid dienone is 1. The Balaban J connectivity index is 0.811. The van der Waals surface area contributed by atoms with Gasteiger partial charge in [-0.25, -0.2) is 14.6 Å². The lowest BCUT2D eigenvalue weighted by molar-refractivity contribution is -0.154. The number of methoxy groups -OCH3 is 2. The summed E-state index contributed by atoms with van der Waals surface area (Å²) in [5.41, 5.74) is 7.73. The fraction of sp³-hybridized carbons (Fsp3) is 0.385. The zero-order valence-corrected chi connectivity index (χ0v) is 38.2. The van der Waals surface area contributed by atoms with Crippen molar-refractivity contribution in [1.82, 2.24) is 30.4 Å². The maximum absolute atomic E-state index is 14.5. The Morgan fingerprint density at radius 1 is 0.750 bits per heavy atom. The van der Waals surface area contributed by atoms with Gasteiger partial charge in [0.25, 0.3) is 0 Å². The van der Waals surface area contributed by atoms with Gasteiger partial charge in [-0.1, -0.05) is 78.9 Å². The Hall–Kier alpha value is -6.88. The van der Waals surface area contributed by atoms with Crippen LogP contribution in [0.15, 0.2) is 108 Å². The van der Waals surface area contributed by atoms with E-state index >= 15 is 0 Å². The van der Waals surface area contributed by atoms with Gasteiger partial charge < -0.3 is 49.1 Å². The molecular formula is C52H55N7O9. The number of aromatic amines is 1. The van der Waals surface area contributed by atoms with Crippen molar-refractivity contribution in [3.63, 3.8) is 0 Å². The van der Waals surface area contributed by atoms with Crippen LogP contribution in [0.2, 0.25) is 0 Å². The molecule has 0 bridgehead atoms. The second-order valence-corrected chi connectivity index (χ2v) is 18.0. The molecule has 4 saturated heterocycles. The van der Waals surface area contributed by atoms with Crippen molar-refractivity contribution in [1.29, 1.82) is 0 Å². The van der Waals surface area contributed by atoms with E-state index in [1.165, 1.54) is 14.2 Å². The van der Waals surface area contributed by atoms with E-state index in [0.29, 0.717) is 70.0 Å². The van der Waals surface area contributed by atoms with Gasteiger partial charge in [0.05, 0.1) is 58.0 Å². The van der Waals surface area contributed by atoms with Crippen LogP contribution in [0.4, 0.5) is 9.59 Å². The summed E-state index contributed by atoms with van der Waals surface area (Å²) in [7, 11) is 2.58. The van der Waals surface area contributed by atoms with Crippen LogP contribution in [0.3, 0.4) is 0 Å². The predicted octanol–water partition coefficient (Wildman–Crippen LogP) is 7.34. The molecule has 5 aromatic rings. The molecule has 3 N–H and O–H groups in total. The van der Waals surface area contributed by atoms with E-state index in [1.807, 2.05) is 41.4 Å². The summed E-state index contributed by atoms with van der Waals surface area (Å²) in [4.78, 5) is 70.0. The van der Waals surface area contributed by atoms with E-state index in [9.17, 15) is 19.2 Å². The fourth-order valence-electron chi connectivity index (χ4n) is 10.4. The third-order valence-electron chi connectivity index (χ3n) is 14.0. The van der Waals surface area contributed by atoms with E-state index in [1.54, 1.807) is 11.1 Å². The second-order valence-electron chi connectivity index (χ2n) is 18.0. The molecule has 4 atom stereocenters. The van der Waals surface area contributed by atoms with Gasteiger partial charge in [-0.2, -0.15) is 0 Å². The minimum Gasteiger partial charge on any atom is -0.453 e. The molecule has 4 amide bonds. The van der Waals surface area contributed by atoms with E-state index in [2.05, 4.69) is 76.3 Å². The van der Waals surface area contributed by atoms with Gasteiger partial charge in [-0.15, -0.1) is 0 Å². The van der Waals surface area contributed by atoms with Crippen LogP contribution in [-0.2, 0) is 33.3 Å². The van der Waals surface area contributed by atoms with E-state index in [0.717, 1.165) is 62.8 Å². The highest BCUT2D eigenvalue weighted by Crippen LogP contribution is 2.43. The SMILES string of the molecule is COC(=O)N[C@H](C(=O)N1CC2(C[C@H]1c1ncc(-c3ccc4cc(-c5ccc(C6=CN=C(C7CCCN7C(=O)[C@H](NC(=O)OC)c7ccccc7)C6)cc5)ccc4c3)[nH]1)OCCO2)C1CCOCC1. The standard InChI is InChI=1S/C52H55N7O9/c1-64-50(62)56-45(34-7-4-3-5-8-34)48(60)58-20-6-9-43(58)41-27-40(29-53-41)33-12-10-32(11-13-33)36-14-15-38-26-39(17-16-37(38)25-36)42-30-54-47(55-42)44-28-52(67-23-24-68-52)31-59(44)49(61)46(57-51(63)65-2)35-18-21-66-22-19-35/h3-5,7-8,10-17,25-26,29-30,35,43-46H,6,9,18-24,27-28,31H2,1-2H3,(H,54,55)(H,56,62)(H,57,63)/t43?,44-,45+,46-/m0/s1. The number of nitrogens with one attached hydrogen (secondary N) is 3. The number of rotatable bonds is 11. The van der Waals surface area contributed by atoms with E-state index < -0.39 is 36.1 Å². The molecule has 5 aliphatic rings. The number of nitrogens with zero attached hydrogens (tertiary/aromatic N) is 4. The first-order valence-corrected chi connectivity index (χ1v) is 23.4. The van der Waals surface area contributed by atoms with Crippen molar-refractivity contribution in [3.8, 4) is 22.4 Å². The van der Waals surface area contributed by atoms with Gasteiger partial charge in [-0.05, 0) is 82.3 Å². The van der Waals surface area contributed by atoms with Crippen molar-refractivity contribution in [2.75, 3.05) is 53.7 Å². The number of hydrogen-bond acceptors (Lipinski definition) is 11. The van der Waals surface area contributed by atoms with Crippen molar-refractivity contribution in [2.45, 2.75) is 68.5 Å². The van der Waals surface area contributed by atoms with Gasteiger partial charge in [0.2, 0.25) is 11.8 Å². The molecule has 0 radical (unpaired) electrons. The molecule has 16 nitrogen and oxygen atoms in total. The number of alkyl carbamates (subject to hydrolysis) is 2. The number of aliphatic imine (C=N–C) groups is 1. The molecule has 0 saturated carbocycles. The summed E-state index contributed by atoms with van der Waals surface area (Å²) in [6.07, 6.45) is 6.35. The largest absolute Gasteiger partial charge is 0.453 e. The maximum Gasteiger partial charge on any atom is 0.407 e. The molecule has 0 aliphatic carbocycles. The van der Waals surface area contributed by atoms with Gasteiger partial charge in [0.15, 0.2) is 5.79 Å². The number of ether oxygens (including phenoxy) is 5. The van der Waals surface area contributed by atoms with Crippen LogP contribution >= 0.6 is 0 Å². The molecule has 10 rings (SSSR count). The number of imidazole rings is 1. The Kier molecular flexibility index (Phi) is 12.8. The van der Waals surface area contributed by atoms with Crippen LogP contribution in [-0.4, -0.2) is 121 Å². The highest BCUT2D eigenvalue weighted by molar-refractivity contribution is 6.04. The molecule has 5 aliphatic heterocycles. The number of carbonyl (C=O) groups excluding carboxylic acids is 4. The van der Waals surface area contributed by atoms with Crippen LogP contribution < -0.4 is 10.6 Å². The first kappa shape index (κ1) is 44.9. The topological polar surface area (TPSA) is 186 Å². The van der Waals surface area contributed by atoms with Gasteiger partial charge in [-0.3, -0.25) is 14.6 Å². The normalized spacial score (nSPS) is 21.1. The first-order valence-electron chi connectivity index (χ1n) is 23.4. The fourth-order valence-corrected chi connectivity index (χ4v) is 10.4. The number of benzene rings is 4. The van der Waals surface area contributed by atoms with Crippen molar-refractivity contribution in [3.05, 3.63) is 120 Å². The van der Waals surface area contributed by atoms with Crippen LogP contribution in [0.25, 0.3) is 38.7 Å². The van der Waals surface area contributed by atoms with Crippen LogP contribution in [0, 0.1) is 5.92 Å². The molecule has 4 fully saturated rings. The number of aromatic nitrogens is 2. The van der Waals surface area contributed by atoms with Crippen LogP contribution in [0.1, 0.15) is 67.6 Å². The number of amides is 4. The molecule has 1 unspecified atom stereocenters. The van der Waals surface area contributed by atoms with E-state index in [4.69, 9.17) is 33.7 Å². The quantitative estimate of drug-likeness (QED) is 0.121. The molecule has 1 aromatic heterocycles. The lowest BCUT2D eigenvalue weighted by Gasteiger charge is -2.34. The summed E-state index contributed by atoms with van der Waals surface area (Å²) >= 11 is 0. The van der Waals surface area contributed by atoms with Gasteiger partial charge in [0, 0.05) is 50.1 Å². The Morgan fingerprint density at radius 3 is 2.16 bits per heavy atom. The zero-order chi connectivity index (χ0) is 46.8. The van der Waals surface area contributed by atoms with Crippen molar-refractivity contribution >= 4 is 46.1 Å². The maximum atomic E-state index is 14.5. The third-order valence-corrected chi connectivity index (χ3v) is 14.0. The Morgan fingerprint density at radius 2 is 1.43 bits per heavy atom. The molecule has 352 valence electrons. The molecule has 68 heavy (non-hydrogen) atoms. The van der Waals surface area contributed by atoms with Crippen LogP contribution in [0.5, 0.6) is 0 Å². The molecule has 16 heteroatoms. The third kappa shape index (κ3) is 9.10. The Labute approximate surface area is 394 Å². The number of likely N-dealkylation sites (tertiary alicyclic amines) is 2. The van der Waals surface area contributed by atoms with E-state index in [-0.39, 0.29) is 30.3 Å². The smallest absolute Gasteiger partial charge is 0.407 e. The van der Waals surface area contributed by atoms with Gasteiger partial charge in [0.1, 0.15) is 17.9 Å². The summed E-state index contributed by atoms with van der Waals surface area (Å²) in [5, 5.41) is 7.70. The minimum absolute atomic E-state index is 0.115. The highest BCUT2D eigenvalue weighted by atomic mass is 16.7. The first-order chi connectivity index (χ1) is 33.2. The summed E-state index contributed by atoms with van der Waals surface area (Å²) in [6, 6.07) is 28.2. The average Bonchev–Trinajstić information content (AvgIpc) is 4.26. The average molecular weight is 922 g/mol. The monoisotopic (exact) mass is 921 g/mol. The minimum atomic E-state index is -0.951. The summed E-state index contributed by atoms with van der Waals surface area (Å²) in [6.45, 7) is 2.69. The number of fused-ring (bicyclic) bond motifs is 1.